The third kappa shape index (κ3) is 5.16. The molecular formula is C9H19S. The summed E-state index contributed by atoms with van der Waals surface area (Å²) in [4.78, 5) is 0. The van der Waals surface area contributed by atoms with E-state index in [2.05, 4.69) is 27.0 Å². The molecule has 0 spiro atoms. The standard InChI is InChI=1S/C9H19S/c1-5-6-7-8-9(2,3)10-4/h1,5-8H2,2-4H3. The first-order chi connectivity index (χ1) is 4.62. The monoisotopic (exact) mass is 159 g/mol. The van der Waals surface area contributed by atoms with Crippen molar-refractivity contribution in [3.8, 4) is 0 Å². The second kappa shape index (κ2) is 5.06. The van der Waals surface area contributed by atoms with E-state index < -0.39 is 0 Å². The van der Waals surface area contributed by atoms with E-state index in [1.807, 2.05) is 11.8 Å². The van der Waals surface area contributed by atoms with E-state index in [9.17, 15) is 0 Å². The lowest BCUT2D eigenvalue weighted by atomic mass is 10.0. The van der Waals surface area contributed by atoms with Gasteiger partial charge in [0.1, 0.15) is 0 Å². The van der Waals surface area contributed by atoms with E-state index in [0.29, 0.717) is 4.75 Å². The first kappa shape index (κ1) is 10.3. The SMILES string of the molecule is [CH2]CCCCC(C)(C)SC. The van der Waals surface area contributed by atoms with E-state index in [4.69, 9.17) is 0 Å². The molecule has 0 atom stereocenters. The summed E-state index contributed by atoms with van der Waals surface area (Å²) in [6.45, 7) is 8.44. The summed E-state index contributed by atoms with van der Waals surface area (Å²) in [6, 6.07) is 0. The second-order valence-electron chi connectivity index (χ2n) is 3.27. The van der Waals surface area contributed by atoms with E-state index >= 15 is 0 Å². The van der Waals surface area contributed by atoms with Gasteiger partial charge in [-0.3, -0.25) is 0 Å². The molecule has 0 heterocycles. The Bertz CT molecular complexity index is 76.8. The van der Waals surface area contributed by atoms with Gasteiger partial charge in [-0.05, 0) is 12.7 Å². The van der Waals surface area contributed by atoms with Crippen molar-refractivity contribution < 1.29 is 0 Å². The van der Waals surface area contributed by atoms with Crippen LogP contribution in [0.15, 0.2) is 0 Å². The van der Waals surface area contributed by atoms with Crippen molar-refractivity contribution in [2.45, 2.75) is 44.3 Å². The van der Waals surface area contributed by atoms with Crippen molar-refractivity contribution in [2.75, 3.05) is 6.26 Å². The summed E-state index contributed by atoms with van der Waals surface area (Å²) in [5.74, 6) is 0. The maximum absolute atomic E-state index is 3.82. The van der Waals surface area contributed by atoms with Crippen molar-refractivity contribution in [3.63, 3.8) is 0 Å². The Morgan fingerprint density at radius 3 is 2.30 bits per heavy atom. The van der Waals surface area contributed by atoms with Crippen LogP contribution in [0.3, 0.4) is 0 Å². The highest BCUT2D eigenvalue weighted by molar-refractivity contribution is 7.99. The Morgan fingerprint density at radius 2 is 1.90 bits per heavy atom. The topological polar surface area (TPSA) is 0 Å². The fourth-order valence-corrected chi connectivity index (χ4v) is 1.18. The quantitative estimate of drug-likeness (QED) is 0.553. The first-order valence-electron chi connectivity index (χ1n) is 3.97. The van der Waals surface area contributed by atoms with Crippen molar-refractivity contribution in [1.29, 1.82) is 0 Å². The van der Waals surface area contributed by atoms with Crippen LogP contribution in [-0.2, 0) is 0 Å². The summed E-state index contributed by atoms with van der Waals surface area (Å²) in [7, 11) is 0. The fourth-order valence-electron chi connectivity index (χ4n) is 0.830. The van der Waals surface area contributed by atoms with Gasteiger partial charge in [0.15, 0.2) is 0 Å². The van der Waals surface area contributed by atoms with Crippen LogP contribution in [0.5, 0.6) is 0 Å². The average Bonchev–Trinajstić information content (AvgIpc) is 1.89. The maximum Gasteiger partial charge on any atom is 0.0100 e. The molecule has 0 aromatic rings. The molecule has 10 heavy (non-hydrogen) atoms. The molecular weight excluding hydrogens is 140 g/mol. The summed E-state index contributed by atoms with van der Waals surface area (Å²) < 4.78 is 0.481. The Balaban J connectivity index is 3.28. The first-order valence-corrected chi connectivity index (χ1v) is 5.19. The molecule has 0 aliphatic carbocycles. The molecule has 0 N–H and O–H groups in total. The molecule has 1 heteroatoms. The van der Waals surface area contributed by atoms with Gasteiger partial charge in [0.05, 0.1) is 0 Å². The van der Waals surface area contributed by atoms with Gasteiger partial charge >= 0.3 is 0 Å². The van der Waals surface area contributed by atoms with Gasteiger partial charge in [0, 0.05) is 4.75 Å². The molecule has 0 amide bonds. The Morgan fingerprint density at radius 1 is 1.30 bits per heavy atom. The molecule has 0 aliphatic rings. The smallest absolute Gasteiger partial charge is 0.0100 e. The Hall–Kier alpha value is 0.350. The van der Waals surface area contributed by atoms with Crippen LogP contribution in [0.4, 0.5) is 0 Å². The van der Waals surface area contributed by atoms with Gasteiger partial charge in [-0.1, -0.05) is 40.0 Å². The highest BCUT2D eigenvalue weighted by Crippen LogP contribution is 2.27. The normalized spacial score (nSPS) is 12.0. The molecule has 0 nitrogen and oxygen atoms in total. The van der Waals surface area contributed by atoms with Gasteiger partial charge in [0.2, 0.25) is 0 Å². The number of rotatable bonds is 5. The number of thioether (sulfide) groups is 1. The van der Waals surface area contributed by atoms with E-state index in [1.165, 1.54) is 19.3 Å². The van der Waals surface area contributed by atoms with Gasteiger partial charge in [0.25, 0.3) is 0 Å². The second-order valence-corrected chi connectivity index (χ2v) is 4.79. The van der Waals surface area contributed by atoms with Crippen LogP contribution in [0.2, 0.25) is 0 Å². The predicted molar refractivity (Wildman–Crippen MR) is 51.4 cm³/mol. The zero-order valence-corrected chi connectivity index (χ0v) is 8.26. The molecule has 0 saturated heterocycles. The zero-order chi connectivity index (χ0) is 8.04. The Kier molecular flexibility index (Phi) is 5.24. The van der Waals surface area contributed by atoms with Crippen LogP contribution < -0.4 is 0 Å². The summed E-state index contributed by atoms with van der Waals surface area (Å²) >= 11 is 1.96. The van der Waals surface area contributed by atoms with Crippen LogP contribution >= 0.6 is 11.8 Å². The summed E-state index contributed by atoms with van der Waals surface area (Å²) in [5, 5.41) is 0. The van der Waals surface area contributed by atoms with Gasteiger partial charge in [-0.25, -0.2) is 0 Å². The number of hydrogen-bond donors (Lipinski definition) is 0. The van der Waals surface area contributed by atoms with Gasteiger partial charge < -0.3 is 0 Å². The van der Waals surface area contributed by atoms with E-state index in [0.717, 1.165) is 6.42 Å². The van der Waals surface area contributed by atoms with Crippen LogP contribution in [-0.4, -0.2) is 11.0 Å². The van der Waals surface area contributed by atoms with Crippen molar-refractivity contribution >= 4 is 11.8 Å². The molecule has 1 radical (unpaired) electrons. The largest absolute Gasteiger partial charge is 0.159 e. The number of unbranched alkanes of at least 4 members (excludes halogenated alkanes) is 2. The minimum absolute atomic E-state index is 0.481. The average molecular weight is 159 g/mol. The lowest BCUT2D eigenvalue weighted by Gasteiger charge is -2.21. The molecule has 0 fully saturated rings. The lowest BCUT2D eigenvalue weighted by Crippen LogP contribution is -2.12. The van der Waals surface area contributed by atoms with Gasteiger partial charge in [-0.2, -0.15) is 11.8 Å². The molecule has 0 aliphatic heterocycles. The van der Waals surface area contributed by atoms with E-state index in [-0.39, 0.29) is 0 Å². The summed E-state index contributed by atoms with van der Waals surface area (Å²) in [5.41, 5.74) is 0. The Labute approximate surface area is 69.8 Å². The van der Waals surface area contributed by atoms with Crippen molar-refractivity contribution in [1.82, 2.24) is 0 Å². The maximum atomic E-state index is 3.82. The number of hydrogen-bond acceptors (Lipinski definition) is 1. The highest BCUT2D eigenvalue weighted by Gasteiger charge is 2.13. The fraction of sp³-hybridized carbons (Fsp3) is 0.889. The van der Waals surface area contributed by atoms with Crippen LogP contribution in [0.25, 0.3) is 0 Å². The molecule has 0 aromatic carbocycles. The molecule has 0 aromatic heterocycles. The van der Waals surface area contributed by atoms with E-state index in [1.54, 1.807) is 0 Å². The summed E-state index contributed by atoms with van der Waals surface area (Å²) in [6.07, 6.45) is 7.21. The van der Waals surface area contributed by atoms with Crippen LogP contribution in [0.1, 0.15) is 39.5 Å². The molecule has 0 saturated carbocycles. The van der Waals surface area contributed by atoms with Crippen molar-refractivity contribution in [3.05, 3.63) is 6.92 Å². The lowest BCUT2D eigenvalue weighted by molar-refractivity contribution is 0.582. The minimum Gasteiger partial charge on any atom is -0.159 e. The molecule has 0 rings (SSSR count). The van der Waals surface area contributed by atoms with Crippen LogP contribution in [0, 0.1) is 6.92 Å². The predicted octanol–water partition coefficient (Wildman–Crippen LogP) is 3.52. The highest BCUT2D eigenvalue weighted by atomic mass is 32.2. The molecule has 0 bridgehead atoms. The van der Waals surface area contributed by atoms with Gasteiger partial charge in [-0.15, -0.1) is 0 Å². The molecule has 61 valence electrons. The third-order valence-corrected chi connectivity index (χ3v) is 3.14. The van der Waals surface area contributed by atoms with Crippen molar-refractivity contribution in [2.24, 2.45) is 0 Å². The minimum atomic E-state index is 0.481. The third-order valence-electron chi connectivity index (χ3n) is 1.83. The molecule has 0 unspecified atom stereocenters. The zero-order valence-electron chi connectivity index (χ0n) is 7.44.